The Morgan fingerprint density at radius 3 is 1.04 bits per heavy atom. The first-order chi connectivity index (χ1) is 12.4. The zero-order chi connectivity index (χ0) is 18.3. The molecule has 0 heteroatoms. The van der Waals surface area contributed by atoms with Crippen LogP contribution in [-0.2, 0) is 0 Å². The smallest absolute Gasteiger partial charge is 0.0351 e. The molecule has 0 aromatic carbocycles. The predicted octanol–water partition coefficient (Wildman–Crippen LogP) is 9.55. The minimum absolute atomic E-state index is 1.19. The second kappa shape index (κ2) is 23.5. The van der Waals surface area contributed by atoms with E-state index in [1.807, 2.05) is 0 Å². The van der Waals surface area contributed by atoms with E-state index >= 15 is 0 Å². The van der Waals surface area contributed by atoms with Crippen LogP contribution in [0.15, 0.2) is 24.3 Å². The third kappa shape index (κ3) is 23.5. The van der Waals surface area contributed by atoms with Gasteiger partial charge in [0.25, 0.3) is 0 Å². The van der Waals surface area contributed by atoms with Crippen molar-refractivity contribution in [2.45, 2.75) is 136 Å². The third-order valence-electron chi connectivity index (χ3n) is 5.03. The monoisotopic (exact) mass is 348 g/mol. The normalized spacial score (nSPS) is 11.9. The number of rotatable bonds is 20. The van der Waals surface area contributed by atoms with Gasteiger partial charge < -0.3 is 0 Å². The Hall–Kier alpha value is -0.520. The summed E-state index contributed by atoms with van der Waals surface area (Å²) in [6.07, 6.45) is 36.0. The van der Waals surface area contributed by atoms with E-state index in [9.17, 15) is 0 Å². The largest absolute Gasteiger partial charge is 0.0888 e. The highest BCUT2D eigenvalue weighted by Crippen LogP contribution is 2.12. The average Bonchev–Trinajstić information content (AvgIpc) is 2.63. The summed E-state index contributed by atoms with van der Waals surface area (Å²) in [7, 11) is 0. The molecule has 0 aromatic heterocycles. The molecule has 0 N–H and O–H groups in total. The zero-order valence-electron chi connectivity index (χ0n) is 17.7. The van der Waals surface area contributed by atoms with Crippen LogP contribution < -0.4 is 0 Å². The van der Waals surface area contributed by atoms with Gasteiger partial charge in [0.2, 0.25) is 0 Å². The summed E-state index contributed by atoms with van der Waals surface area (Å²) >= 11 is 0. The molecule has 0 fully saturated rings. The SMILES string of the molecule is CC/C=C/CCCCCCCCCC/C=C/CCCCCCCCC. The van der Waals surface area contributed by atoms with Crippen molar-refractivity contribution in [2.24, 2.45) is 0 Å². The average molecular weight is 349 g/mol. The summed E-state index contributed by atoms with van der Waals surface area (Å²) in [5.74, 6) is 0. The summed E-state index contributed by atoms with van der Waals surface area (Å²) < 4.78 is 0. The van der Waals surface area contributed by atoms with Gasteiger partial charge in [0.15, 0.2) is 0 Å². The molecule has 0 aliphatic rings. The Morgan fingerprint density at radius 2 is 0.680 bits per heavy atom. The highest BCUT2D eigenvalue weighted by atomic mass is 14.0. The van der Waals surface area contributed by atoms with Crippen LogP contribution in [0.25, 0.3) is 0 Å². The van der Waals surface area contributed by atoms with Gasteiger partial charge in [0.1, 0.15) is 0 Å². The highest BCUT2D eigenvalue weighted by molar-refractivity contribution is 4.81. The van der Waals surface area contributed by atoms with E-state index in [1.165, 1.54) is 122 Å². The molecule has 0 nitrogen and oxygen atoms in total. The minimum Gasteiger partial charge on any atom is -0.0888 e. The Bertz CT molecular complexity index is 274. The molecule has 0 rings (SSSR count). The van der Waals surface area contributed by atoms with Crippen LogP contribution in [0.5, 0.6) is 0 Å². The molecule has 0 heterocycles. The molecule has 0 aromatic rings. The lowest BCUT2D eigenvalue weighted by Gasteiger charge is -2.01. The van der Waals surface area contributed by atoms with E-state index in [2.05, 4.69) is 38.2 Å². The van der Waals surface area contributed by atoms with Gasteiger partial charge in [-0.05, 0) is 44.9 Å². The molecule has 0 unspecified atom stereocenters. The maximum Gasteiger partial charge on any atom is -0.0351 e. The van der Waals surface area contributed by atoms with Crippen LogP contribution in [0, 0.1) is 0 Å². The Morgan fingerprint density at radius 1 is 0.360 bits per heavy atom. The molecule has 25 heavy (non-hydrogen) atoms. The molecule has 0 atom stereocenters. The molecule has 0 spiro atoms. The molecule has 0 bridgehead atoms. The summed E-state index contributed by atoms with van der Waals surface area (Å²) in [5.41, 5.74) is 0. The zero-order valence-corrected chi connectivity index (χ0v) is 17.7. The standard InChI is InChI=1S/C25H48/c1-3-5-7-9-11-13-15-17-19-21-23-25-24-22-20-18-16-14-12-10-8-6-4-2/h5,7,20,22H,3-4,6,8-19,21,23-25H2,1-2H3/b7-5+,22-20+. The van der Waals surface area contributed by atoms with Gasteiger partial charge in [-0.2, -0.15) is 0 Å². The van der Waals surface area contributed by atoms with Gasteiger partial charge in [-0.3, -0.25) is 0 Å². The fraction of sp³-hybridized carbons (Fsp3) is 0.840. The van der Waals surface area contributed by atoms with Gasteiger partial charge in [0, 0.05) is 0 Å². The lowest BCUT2D eigenvalue weighted by molar-refractivity contribution is 0.570. The number of hydrogen-bond donors (Lipinski definition) is 0. The highest BCUT2D eigenvalue weighted by Gasteiger charge is 1.92. The second-order valence-corrected chi connectivity index (χ2v) is 7.67. The maximum absolute atomic E-state index is 2.43. The van der Waals surface area contributed by atoms with Gasteiger partial charge in [-0.15, -0.1) is 0 Å². The number of allylic oxidation sites excluding steroid dienone is 4. The van der Waals surface area contributed by atoms with Crippen LogP contribution >= 0.6 is 0 Å². The van der Waals surface area contributed by atoms with E-state index in [0.717, 1.165) is 0 Å². The lowest BCUT2D eigenvalue weighted by Crippen LogP contribution is -1.81. The molecule has 0 aliphatic heterocycles. The molecule has 148 valence electrons. The molecule has 0 aliphatic carbocycles. The van der Waals surface area contributed by atoms with E-state index in [-0.39, 0.29) is 0 Å². The Kier molecular flexibility index (Phi) is 23.0. The molecule has 0 saturated carbocycles. The van der Waals surface area contributed by atoms with E-state index in [0.29, 0.717) is 0 Å². The number of unbranched alkanes of at least 4 members (excludes halogenated alkanes) is 16. The van der Waals surface area contributed by atoms with Crippen molar-refractivity contribution in [1.82, 2.24) is 0 Å². The van der Waals surface area contributed by atoms with Crippen molar-refractivity contribution in [3.8, 4) is 0 Å². The lowest BCUT2D eigenvalue weighted by atomic mass is 10.1. The first kappa shape index (κ1) is 24.5. The Labute approximate surface area is 160 Å². The first-order valence-electron chi connectivity index (χ1n) is 11.7. The van der Waals surface area contributed by atoms with Gasteiger partial charge in [-0.25, -0.2) is 0 Å². The maximum atomic E-state index is 2.43. The topological polar surface area (TPSA) is 0 Å². The second-order valence-electron chi connectivity index (χ2n) is 7.67. The first-order valence-corrected chi connectivity index (χ1v) is 11.7. The molecular weight excluding hydrogens is 300 g/mol. The van der Waals surface area contributed by atoms with E-state index in [4.69, 9.17) is 0 Å². The molecule has 0 radical (unpaired) electrons. The van der Waals surface area contributed by atoms with Crippen molar-refractivity contribution < 1.29 is 0 Å². The van der Waals surface area contributed by atoms with E-state index in [1.54, 1.807) is 0 Å². The van der Waals surface area contributed by atoms with Gasteiger partial charge >= 0.3 is 0 Å². The van der Waals surface area contributed by atoms with Gasteiger partial charge in [0.05, 0.1) is 0 Å². The van der Waals surface area contributed by atoms with Gasteiger partial charge in [-0.1, -0.05) is 115 Å². The minimum atomic E-state index is 1.19. The van der Waals surface area contributed by atoms with Crippen molar-refractivity contribution in [3.63, 3.8) is 0 Å². The Balaban J connectivity index is 3.07. The summed E-state index contributed by atoms with van der Waals surface area (Å²) in [6.45, 7) is 4.50. The summed E-state index contributed by atoms with van der Waals surface area (Å²) in [5, 5.41) is 0. The third-order valence-corrected chi connectivity index (χ3v) is 5.03. The van der Waals surface area contributed by atoms with Crippen LogP contribution in [-0.4, -0.2) is 0 Å². The van der Waals surface area contributed by atoms with Crippen LogP contribution in [0.4, 0.5) is 0 Å². The van der Waals surface area contributed by atoms with Crippen LogP contribution in [0.3, 0.4) is 0 Å². The molecule has 0 saturated heterocycles. The molecular formula is C25H48. The fourth-order valence-electron chi connectivity index (χ4n) is 3.32. The van der Waals surface area contributed by atoms with E-state index < -0.39 is 0 Å². The van der Waals surface area contributed by atoms with Crippen LogP contribution in [0.1, 0.15) is 136 Å². The quantitative estimate of drug-likeness (QED) is 0.152. The van der Waals surface area contributed by atoms with Crippen molar-refractivity contribution in [2.75, 3.05) is 0 Å². The summed E-state index contributed by atoms with van der Waals surface area (Å²) in [4.78, 5) is 0. The molecule has 0 amide bonds. The fourth-order valence-corrected chi connectivity index (χ4v) is 3.32. The van der Waals surface area contributed by atoms with Crippen molar-refractivity contribution in [3.05, 3.63) is 24.3 Å². The van der Waals surface area contributed by atoms with Crippen LogP contribution in [0.2, 0.25) is 0 Å². The van der Waals surface area contributed by atoms with Crippen molar-refractivity contribution in [1.29, 1.82) is 0 Å². The van der Waals surface area contributed by atoms with Crippen molar-refractivity contribution >= 4 is 0 Å². The predicted molar refractivity (Wildman–Crippen MR) is 117 cm³/mol. The number of hydrogen-bond acceptors (Lipinski definition) is 0. The summed E-state index contributed by atoms with van der Waals surface area (Å²) in [6, 6.07) is 0.